The molecule has 2 aromatic carbocycles. The van der Waals surface area contributed by atoms with Crippen molar-refractivity contribution >= 4 is 28.1 Å². The number of benzene rings is 2. The molecule has 5 rings (SSSR count). The molecule has 0 atom stereocenters. The van der Waals surface area contributed by atoms with Crippen LogP contribution in [0, 0.1) is 0 Å². The molecular formula is C22H25N5. The van der Waals surface area contributed by atoms with Gasteiger partial charge in [-0.15, -0.1) is 0 Å². The van der Waals surface area contributed by atoms with Gasteiger partial charge >= 0.3 is 0 Å². The summed E-state index contributed by atoms with van der Waals surface area (Å²) >= 11 is 0. The topological polar surface area (TPSA) is 57.4 Å². The predicted molar refractivity (Wildman–Crippen MR) is 112 cm³/mol. The summed E-state index contributed by atoms with van der Waals surface area (Å²) in [6.07, 6.45) is 2.68. The van der Waals surface area contributed by atoms with Gasteiger partial charge < -0.3 is 16.0 Å². The summed E-state index contributed by atoms with van der Waals surface area (Å²) in [7, 11) is 0. The van der Waals surface area contributed by atoms with Gasteiger partial charge in [0.1, 0.15) is 11.5 Å². The highest BCUT2D eigenvalue weighted by atomic mass is 15.3. The van der Waals surface area contributed by atoms with Crippen LogP contribution in [-0.2, 0) is 13.1 Å². The zero-order valence-electron chi connectivity index (χ0n) is 15.5. The number of rotatable bonds is 4. The summed E-state index contributed by atoms with van der Waals surface area (Å²) in [5.74, 6) is 0.576. The van der Waals surface area contributed by atoms with Gasteiger partial charge in [0.15, 0.2) is 0 Å². The Labute approximate surface area is 159 Å². The Balaban J connectivity index is 1.38. The van der Waals surface area contributed by atoms with E-state index in [0.29, 0.717) is 5.82 Å². The standard InChI is InChI=1S/C22H25N5/c23-22-20-21(18-5-1-2-6-19(18)25-22)27(15-24-20)14-17-9-7-16(8-10-17)13-26-11-3-4-12-26/h1-2,5-10,24H,3-4,11-15H2,(H2,23,25). The number of anilines is 3. The molecule has 3 N–H and O–H groups in total. The SMILES string of the molecule is Nc1nc2ccccc2c2c1NCN2Cc1ccc(CN2CCCC2)cc1. The van der Waals surface area contributed by atoms with Crippen LogP contribution in [0.25, 0.3) is 10.9 Å². The maximum atomic E-state index is 6.19. The molecule has 0 bridgehead atoms. The number of hydrogen-bond donors (Lipinski definition) is 2. The Hall–Kier alpha value is -2.79. The number of nitrogens with two attached hydrogens (primary N) is 1. The van der Waals surface area contributed by atoms with Crippen LogP contribution in [0.5, 0.6) is 0 Å². The lowest BCUT2D eigenvalue weighted by atomic mass is 10.1. The number of para-hydroxylation sites is 1. The minimum atomic E-state index is 0.576. The average Bonchev–Trinajstić information content (AvgIpc) is 3.34. The molecule has 3 aromatic rings. The van der Waals surface area contributed by atoms with E-state index in [1.54, 1.807) is 0 Å². The molecule has 2 aliphatic rings. The average molecular weight is 359 g/mol. The van der Waals surface area contributed by atoms with Crippen molar-refractivity contribution in [3.05, 3.63) is 59.7 Å². The van der Waals surface area contributed by atoms with Gasteiger partial charge in [-0.2, -0.15) is 0 Å². The molecule has 0 amide bonds. The van der Waals surface area contributed by atoms with Crippen LogP contribution < -0.4 is 16.0 Å². The number of pyridine rings is 1. The Morgan fingerprint density at radius 3 is 2.41 bits per heavy atom. The summed E-state index contributed by atoms with van der Waals surface area (Å²) in [4.78, 5) is 9.42. The number of nitrogens with zero attached hydrogens (tertiary/aromatic N) is 3. The van der Waals surface area contributed by atoms with E-state index in [1.165, 1.54) is 42.7 Å². The highest BCUT2D eigenvalue weighted by Crippen LogP contribution is 2.41. The first-order valence-corrected chi connectivity index (χ1v) is 9.75. The molecular weight excluding hydrogens is 334 g/mol. The molecule has 1 aromatic heterocycles. The normalized spacial score (nSPS) is 16.7. The first kappa shape index (κ1) is 16.4. The maximum absolute atomic E-state index is 6.19. The van der Waals surface area contributed by atoms with E-state index < -0.39 is 0 Å². The van der Waals surface area contributed by atoms with Crippen molar-refractivity contribution in [2.24, 2.45) is 0 Å². The Morgan fingerprint density at radius 1 is 0.926 bits per heavy atom. The number of nitrogens with one attached hydrogen (secondary N) is 1. The molecule has 0 radical (unpaired) electrons. The maximum Gasteiger partial charge on any atom is 0.149 e. The summed E-state index contributed by atoms with van der Waals surface area (Å²) < 4.78 is 0. The Bertz CT molecular complexity index is 960. The fraction of sp³-hybridized carbons (Fsp3) is 0.318. The van der Waals surface area contributed by atoms with Crippen LogP contribution in [0.1, 0.15) is 24.0 Å². The number of fused-ring (bicyclic) bond motifs is 3. The predicted octanol–water partition coefficient (Wildman–Crippen LogP) is 3.80. The second kappa shape index (κ2) is 6.74. The molecule has 0 saturated carbocycles. The van der Waals surface area contributed by atoms with E-state index in [4.69, 9.17) is 5.73 Å². The largest absolute Gasteiger partial charge is 0.382 e. The molecule has 3 heterocycles. The van der Waals surface area contributed by atoms with Crippen LogP contribution in [0.15, 0.2) is 48.5 Å². The lowest BCUT2D eigenvalue weighted by Gasteiger charge is -2.20. The van der Waals surface area contributed by atoms with E-state index in [0.717, 1.165) is 36.3 Å². The fourth-order valence-corrected chi connectivity index (χ4v) is 4.27. The molecule has 27 heavy (non-hydrogen) atoms. The minimum Gasteiger partial charge on any atom is -0.382 e. The van der Waals surface area contributed by atoms with Crippen LogP contribution in [0.4, 0.5) is 17.2 Å². The minimum absolute atomic E-state index is 0.576. The number of hydrogen-bond acceptors (Lipinski definition) is 5. The highest BCUT2D eigenvalue weighted by molar-refractivity contribution is 6.03. The van der Waals surface area contributed by atoms with Crippen LogP contribution in [-0.4, -0.2) is 29.6 Å². The lowest BCUT2D eigenvalue weighted by Crippen LogP contribution is -2.22. The van der Waals surface area contributed by atoms with Gasteiger partial charge in [-0.3, -0.25) is 4.90 Å². The molecule has 5 heteroatoms. The van der Waals surface area contributed by atoms with Gasteiger partial charge in [0.05, 0.1) is 17.9 Å². The zero-order chi connectivity index (χ0) is 18.2. The van der Waals surface area contributed by atoms with Crippen LogP contribution in [0.3, 0.4) is 0 Å². The molecule has 2 aliphatic heterocycles. The van der Waals surface area contributed by atoms with Crippen molar-refractivity contribution in [3.63, 3.8) is 0 Å². The second-order valence-corrected chi connectivity index (χ2v) is 7.57. The van der Waals surface area contributed by atoms with E-state index in [9.17, 15) is 0 Å². The van der Waals surface area contributed by atoms with Crippen LogP contribution in [0.2, 0.25) is 0 Å². The van der Waals surface area contributed by atoms with Crippen molar-refractivity contribution < 1.29 is 0 Å². The number of nitrogen functional groups attached to an aromatic ring is 1. The van der Waals surface area contributed by atoms with Gasteiger partial charge in [-0.25, -0.2) is 4.98 Å². The molecule has 5 nitrogen and oxygen atoms in total. The smallest absolute Gasteiger partial charge is 0.149 e. The summed E-state index contributed by atoms with van der Waals surface area (Å²) in [6, 6.07) is 17.3. The molecule has 0 unspecified atom stereocenters. The summed E-state index contributed by atoms with van der Waals surface area (Å²) in [5.41, 5.74) is 12.0. The summed E-state index contributed by atoms with van der Waals surface area (Å²) in [5, 5.41) is 4.57. The third-order valence-corrected chi connectivity index (χ3v) is 5.66. The molecule has 0 spiro atoms. The molecule has 1 fully saturated rings. The van der Waals surface area contributed by atoms with Crippen molar-refractivity contribution in [1.29, 1.82) is 0 Å². The molecule has 138 valence electrons. The van der Waals surface area contributed by atoms with Gasteiger partial charge in [-0.1, -0.05) is 42.5 Å². The van der Waals surface area contributed by atoms with Gasteiger partial charge in [0.25, 0.3) is 0 Å². The molecule has 1 saturated heterocycles. The van der Waals surface area contributed by atoms with Crippen molar-refractivity contribution in [2.75, 3.05) is 35.7 Å². The third kappa shape index (κ3) is 3.08. The summed E-state index contributed by atoms with van der Waals surface area (Å²) in [6.45, 7) is 5.16. The zero-order valence-corrected chi connectivity index (χ0v) is 15.5. The first-order valence-electron chi connectivity index (χ1n) is 9.75. The molecule has 0 aliphatic carbocycles. The van der Waals surface area contributed by atoms with Crippen molar-refractivity contribution in [3.8, 4) is 0 Å². The Kier molecular flexibility index (Phi) is 4.09. The van der Waals surface area contributed by atoms with Gasteiger partial charge in [0.2, 0.25) is 0 Å². The van der Waals surface area contributed by atoms with E-state index in [1.807, 2.05) is 12.1 Å². The van der Waals surface area contributed by atoms with E-state index in [-0.39, 0.29) is 0 Å². The van der Waals surface area contributed by atoms with Gasteiger partial charge in [0, 0.05) is 18.5 Å². The van der Waals surface area contributed by atoms with E-state index >= 15 is 0 Å². The van der Waals surface area contributed by atoms with Crippen molar-refractivity contribution in [1.82, 2.24) is 9.88 Å². The van der Waals surface area contributed by atoms with E-state index in [2.05, 4.69) is 56.5 Å². The van der Waals surface area contributed by atoms with Crippen molar-refractivity contribution in [2.45, 2.75) is 25.9 Å². The van der Waals surface area contributed by atoms with Crippen LogP contribution >= 0.6 is 0 Å². The second-order valence-electron chi connectivity index (χ2n) is 7.57. The number of aromatic nitrogens is 1. The van der Waals surface area contributed by atoms with Gasteiger partial charge in [-0.05, 0) is 43.1 Å². The fourth-order valence-electron chi connectivity index (χ4n) is 4.27. The quantitative estimate of drug-likeness (QED) is 0.742. The Morgan fingerprint density at radius 2 is 1.63 bits per heavy atom. The number of likely N-dealkylation sites (tertiary alicyclic amines) is 1. The lowest BCUT2D eigenvalue weighted by molar-refractivity contribution is 0.331. The first-order chi connectivity index (χ1) is 13.3. The monoisotopic (exact) mass is 359 g/mol. The highest BCUT2D eigenvalue weighted by Gasteiger charge is 2.24. The third-order valence-electron chi connectivity index (χ3n) is 5.66.